The van der Waals surface area contributed by atoms with Gasteiger partial charge in [0, 0.05) is 55.8 Å². The smallest absolute Gasteiger partial charge is 0.145 e. The molecule has 0 spiro atoms. The molecule has 0 radical (unpaired) electrons. The summed E-state index contributed by atoms with van der Waals surface area (Å²) in [4.78, 5) is 10.1. The van der Waals surface area contributed by atoms with Gasteiger partial charge < -0.3 is 9.30 Å². The molecule has 6 heteroatoms. The zero-order chi connectivity index (χ0) is 41.6. The van der Waals surface area contributed by atoms with Crippen molar-refractivity contribution in [3.05, 3.63) is 187 Å². The van der Waals surface area contributed by atoms with Crippen LogP contribution in [0.5, 0.6) is 11.5 Å². The number of pyridine rings is 2. The van der Waals surface area contributed by atoms with Crippen LogP contribution in [0.3, 0.4) is 0 Å². The van der Waals surface area contributed by atoms with E-state index in [1.165, 1.54) is 32.8 Å². The maximum absolute atomic E-state index is 6.88. The normalized spacial score (nSPS) is 12.2. The zero-order valence-corrected chi connectivity index (χ0v) is 35.0. The third-order valence-electron chi connectivity index (χ3n) is 12.7. The van der Waals surface area contributed by atoms with Crippen molar-refractivity contribution in [1.29, 1.82) is 0 Å². The van der Waals surface area contributed by atoms with E-state index >= 15 is 0 Å². The quantitative estimate of drug-likeness (QED) is 0.151. The number of rotatable bonds is 7. The van der Waals surface area contributed by atoms with Gasteiger partial charge in [0.25, 0.3) is 0 Å². The largest absolute Gasteiger partial charge is 0.457 e. The van der Waals surface area contributed by atoms with Gasteiger partial charge in [-0.15, -0.1) is 0 Å². The molecule has 0 N–H and O–H groups in total. The summed E-state index contributed by atoms with van der Waals surface area (Å²) in [6.07, 6.45) is 3.94. The van der Waals surface area contributed by atoms with E-state index in [0.717, 1.165) is 83.5 Å². The molecule has 6 nitrogen and oxygen atoms in total. The second-order valence-electron chi connectivity index (χ2n) is 17.0. The first kappa shape index (κ1) is 36.2. The summed E-state index contributed by atoms with van der Waals surface area (Å²) in [5.74, 6) is 3.06. The Hall–Kier alpha value is -7.70. The van der Waals surface area contributed by atoms with Gasteiger partial charge in [0.2, 0.25) is 0 Å². The van der Waals surface area contributed by atoms with Gasteiger partial charge in [-0.3, -0.25) is 8.97 Å². The van der Waals surface area contributed by atoms with Crippen LogP contribution in [0.15, 0.2) is 176 Å². The molecule has 0 fully saturated rings. The minimum absolute atomic E-state index is 0.357. The molecule has 12 rings (SSSR count). The van der Waals surface area contributed by atoms with Crippen LogP contribution in [-0.2, 0) is 0 Å². The molecular formula is C56H43N5O. The molecule has 62 heavy (non-hydrogen) atoms. The fourth-order valence-electron chi connectivity index (χ4n) is 10.0. The Labute approximate surface area is 358 Å². The van der Waals surface area contributed by atoms with E-state index in [4.69, 9.17) is 14.7 Å². The topological polar surface area (TPSA) is 49.3 Å². The molecule has 0 bridgehead atoms. The monoisotopic (exact) mass is 801 g/mol. The summed E-state index contributed by atoms with van der Waals surface area (Å²) in [5, 5.41) is 8.04. The molecule has 0 atom stereocenters. The van der Waals surface area contributed by atoms with Gasteiger partial charge in [-0.05, 0) is 101 Å². The molecule has 0 amide bonds. The Morgan fingerprint density at radius 1 is 0.468 bits per heavy atom. The lowest BCUT2D eigenvalue weighted by molar-refractivity contribution is 0.484. The van der Waals surface area contributed by atoms with Gasteiger partial charge in [0.15, 0.2) is 0 Å². The number of para-hydroxylation sites is 3. The van der Waals surface area contributed by atoms with Crippen LogP contribution >= 0.6 is 0 Å². The highest BCUT2D eigenvalue weighted by Crippen LogP contribution is 2.44. The summed E-state index contributed by atoms with van der Waals surface area (Å²) in [6, 6.07) is 58.3. The van der Waals surface area contributed by atoms with E-state index in [0.29, 0.717) is 11.8 Å². The van der Waals surface area contributed by atoms with Gasteiger partial charge in [-0.25, -0.2) is 9.97 Å². The Balaban J connectivity index is 1.06. The van der Waals surface area contributed by atoms with Crippen LogP contribution < -0.4 is 4.74 Å². The zero-order valence-electron chi connectivity index (χ0n) is 35.0. The highest BCUT2D eigenvalue weighted by molar-refractivity contribution is 6.26. The maximum Gasteiger partial charge on any atom is 0.145 e. The predicted molar refractivity (Wildman–Crippen MR) is 257 cm³/mol. The van der Waals surface area contributed by atoms with Gasteiger partial charge in [-0.1, -0.05) is 113 Å². The summed E-state index contributed by atoms with van der Waals surface area (Å²) in [7, 11) is 0. The fourth-order valence-corrected chi connectivity index (χ4v) is 10.0. The number of hydrogen-bond donors (Lipinski definition) is 0. The van der Waals surface area contributed by atoms with Crippen LogP contribution in [0.4, 0.5) is 0 Å². The van der Waals surface area contributed by atoms with Gasteiger partial charge in [0.1, 0.15) is 23.0 Å². The Morgan fingerprint density at radius 3 is 1.89 bits per heavy atom. The molecule has 5 aromatic heterocycles. The summed E-state index contributed by atoms with van der Waals surface area (Å²) in [6.45, 7) is 9.12. The van der Waals surface area contributed by atoms with Crippen LogP contribution in [0.2, 0.25) is 0 Å². The van der Waals surface area contributed by atoms with E-state index < -0.39 is 0 Å². The van der Waals surface area contributed by atoms with Gasteiger partial charge in [0.05, 0.1) is 39.5 Å². The number of fused-ring (bicyclic) bond motifs is 13. The van der Waals surface area contributed by atoms with Crippen LogP contribution in [0.1, 0.15) is 50.7 Å². The average molecular weight is 802 g/mol. The first-order valence-electron chi connectivity index (χ1n) is 21.5. The van der Waals surface area contributed by atoms with Crippen molar-refractivity contribution < 1.29 is 4.74 Å². The van der Waals surface area contributed by atoms with Crippen LogP contribution in [-0.4, -0.2) is 23.5 Å². The van der Waals surface area contributed by atoms with Crippen molar-refractivity contribution in [1.82, 2.24) is 23.5 Å². The number of hydrogen-bond acceptors (Lipinski definition) is 3. The first-order valence-corrected chi connectivity index (χ1v) is 21.5. The van der Waals surface area contributed by atoms with Crippen molar-refractivity contribution in [2.75, 3.05) is 0 Å². The van der Waals surface area contributed by atoms with Gasteiger partial charge in [-0.2, -0.15) is 0 Å². The molecule has 12 aromatic rings. The first-order chi connectivity index (χ1) is 30.4. The molecule has 0 aliphatic rings. The number of ether oxygens (including phenoxy) is 1. The molecular weight excluding hydrogens is 759 g/mol. The van der Waals surface area contributed by atoms with Crippen molar-refractivity contribution in [2.24, 2.45) is 0 Å². The Bertz CT molecular complexity index is 3700. The number of aromatic nitrogens is 5. The van der Waals surface area contributed by atoms with E-state index in [9.17, 15) is 0 Å². The molecule has 0 unspecified atom stereocenters. The highest BCUT2D eigenvalue weighted by atomic mass is 16.5. The molecule has 0 aliphatic heterocycles. The van der Waals surface area contributed by atoms with E-state index in [2.05, 4.69) is 205 Å². The standard InChI is InChI=1S/C56H43N5O/c1-34(2)39-19-14-20-40(35(3)4)53(39)51-33-58-56-46-31-37(24-26-41(46)42-17-8-10-21-47(42)60(51)56)62-38-25-27-43-44-28-29-49-54(55(44)61(50(43)32-38)52-23-12-13-30-57-52)45-18-9-11-22-48(45)59(49)36-15-6-5-7-16-36/h5-35H,1-4H3. The summed E-state index contributed by atoms with van der Waals surface area (Å²) < 4.78 is 13.9. The average Bonchev–Trinajstić information content (AvgIpc) is 4.00. The minimum Gasteiger partial charge on any atom is -0.457 e. The van der Waals surface area contributed by atoms with Gasteiger partial charge >= 0.3 is 0 Å². The van der Waals surface area contributed by atoms with Crippen molar-refractivity contribution in [3.63, 3.8) is 0 Å². The molecule has 0 aliphatic carbocycles. The van der Waals surface area contributed by atoms with Crippen molar-refractivity contribution >= 4 is 70.9 Å². The molecule has 298 valence electrons. The lowest BCUT2D eigenvalue weighted by Gasteiger charge is -2.20. The minimum atomic E-state index is 0.357. The number of imidazole rings is 1. The van der Waals surface area contributed by atoms with Crippen LogP contribution in [0.25, 0.3) is 93.7 Å². The molecule has 5 heterocycles. The summed E-state index contributed by atoms with van der Waals surface area (Å²) in [5.41, 5.74) is 12.7. The third kappa shape index (κ3) is 5.36. The molecule has 0 saturated carbocycles. The van der Waals surface area contributed by atoms with E-state index in [-0.39, 0.29) is 0 Å². The maximum atomic E-state index is 6.88. The molecule has 0 saturated heterocycles. The fraction of sp³-hybridized carbons (Fsp3) is 0.107. The second-order valence-corrected chi connectivity index (χ2v) is 17.0. The highest BCUT2D eigenvalue weighted by Gasteiger charge is 2.24. The lowest BCUT2D eigenvalue weighted by Crippen LogP contribution is -2.02. The van der Waals surface area contributed by atoms with Crippen molar-refractivity contribution in [2.45, 2.75) is 39.5 Å². The Kier molecular flexibility index (Phi) is 8.13. The Morgan fingerprint density at radius 2 is 1.13 bits per heavy atom. The predicted octanol–water partition coefficient (Wildman–Crippen LogP) is 14.9. The van der Waals surface area contributed by atoms with Crippen molar-refractivity contribution in [3.8, 4) is 34.3 Å². The second kappa shape index (κ2) is 13.9. The summed E-state index contributed by atoms with van der Waals surface area (Å²) >= 11 is 0. The number of benzene rings is 7. The number of nitrogens with zero attached hydrogens (tertiary/aromatic N) is 5. The lowest BCUT2D eigenvalue weighted by atomic mass is 9.87. The third-order valence-corrected chi connectivity index (χ3v) is 12.7. The molecule has 7 aromatic carbocycles. The SMILES string of the molecule is CC(C)c1cccc(C(C)C)c1-c1cnc2c3cc(Oc4ccc5c6ccc7c(c8ccccc8n7-c7ccccc7)c6n(-c6ccccn6)c5c4)ccc3c3ccccc3n12. The van der Waals surface area contributed by atoms with E-state index in [1.54, 1.807) is 0 Å². The van der Waals surface area contributed by atoms with E-state index in [1.807, 2.05) is 12.3 Å². The van der Waals surface area contributed by atoms with Crippen LogP contribution in [0, 0.1) is 0 Å².